The lowest BCUT2D eigenvalue weighted by molar-refractivity contribution is 0.531. The summed E-state index contributed by atoms with van der Waals surface area (Å²) in [6.45, 7) is 1.99. The molecule has 0 radical (unpaired) electrons. The zero-order valence-electron chi connectivity index (χ0n) is 10.4. The molecule has 0 aliphatic heterocycles. The van der Waals surface area contributed by atoms with Crippen LogP contribution < -0.4 is 11.3 Å². The predicted molar refractivity (Wildman–Crippen MR) is 74.5 cm³/mol. The Hall–Kier alpha value is -1.08. The summed E-state index contributed by atoms with van der Waals surface area (Å²) >= 11 is 7.16. The van der Waals surface area contributed by atoms with Crippen LogP contribution in [0.25, 0.3) is 0 Å². The Morgan fingerprint density at radius 3 is 3.00 bits per heavy atom. The molecular formula is C12H14ClFN4S. The van der Waals surface area contributed by atoms with E-state index in [4.69, 9.17) is 17.4 Å². The molecule has 0 aliphatic carbocycles. The second kappa shape index (κ2) is 6.38. The van der Waals surface area contributed by atoms with Crippen molar-refractivity contribution in [1.29, 1.82) is 0 Å². The molecule has 2 aromatic rings. The van der Waals surface area contributed by atoms with Crippen LogP contribution in [0, 0.1) is 5.82 Å². The van der Waals surface area contributed by atoms with Gasteiger partial charge in [0, 0.05) is 5.02 Å². The summed E-state index contributed by atoms with van der Waals surface area (Å²) in [7, 11) is 0. The van der Waals surface area contributed by atoms with Crippen molar-refractivity contribution in [3.63, 3.8) is 0 Å². The Labute approximate surface area is 119 Å². The standard InChI is InChI=1S/C12H14ClFN4S/c1-2-10-12(19-18-17-10)11(16-15)6-7-5-8(13)3-4-9(7)14/h3-5,11,16H,2,6,15H2,1H3. The van der Waals surface area contributed by atoms with E-state index in [2.05, 4.69) is 15.0 Å². The van der Waals surface area contributed by atoms with Crippen LogP contribution in [-0.2, 0) is 12.8 Å². The van der Waals surface area contributed by atoms with Crippen molar-refractivity contribution >= 4 is 23.1 Å². The minimum atomic E-state index is -0.292. The van der Waals surface area contributed by atoms with Gasteiger partial charge in [0.25, 0.3) is 0 Å². The molecule has 0 spiro atoms. The first-order valence-electron chi connectivity index (χ1n) is 5.86. The van der Waals surface area contributed by atoms with E-state index in [-0.39, 0.29) is 11.9 Å². The molecule has 4 nitrogen and oxygen atoms in total. The molecule has 1 atom stereocenters. The topological polar surface area (TPSA) is 63.8 Å². The van der Waals surface area contributed by atoms with Gasteiger partial charge in [-0.15, -0.1) is 5.10 Å². The van der Waals surface area contributed by atoms with E-state index in [1.165, 1.54) is 23.7 Å². The van der Waals surface area contributed by atoms with Gasteiger partial charge in [-0.05, 0) is 48.1 Å². The fourth-order valence-electron chi connectivity index (χ4n) is 1.87. The first-order valence-corrected chi connectivity index (χ1v) is 7.02. The fourth-order valence-corrected chi connectivity index (χ4v) is 2.86. The van der Waals surface area contributed by atoms with Crippen LogP contribution in [0.1, 0.15) is 29.1 Å². The Morgan fingerprint density at radius 1 is 1.53 bits per heavy atom. The van der Waals surface area contributed by atoms with Gasteiger partial charge in [-0.3, -0.25) is 11.3 Å². The summed E-state index contributed by atoms with van der Waals surface area (Å²) in [6, 6.07) is 4.28. The smallest absolute Gasteiger partial charge is 0.126 e. The van der Waals surface area contributed by atoms with Crippen molar-refractivity contribution < 1.29 is 4.39 Å². The zero-order chi connectivity index (χ0) is 13.8. The van der Waals surface area contributed by atoms with E-state index in [1.807, 2.05) is 6.92 Å². The van der Waals surface area contributed by atoms with Crippen molar-refractivity contribution in [3.05, 3.63) is 45.2 Å². The van der Waals surface area contributed by atoms with E-state index in [1.54, 1.807) is 6.07 Å². The Balaban J connectivity index is 2.26. The number of aromatic nitrogens is 2. The molecule has 3 N–H and O–H groups in total. The number of hydrogen-bond donors (Lipinski definition) is 2. The second-order valence-electron chi connectivity index (χ2n) is 4.10. The second-order valence-corrected chi connectivity index (χ2v) is 5.32. The lowest BCUT2D eigenvalue weighted by atomic mass is 10.0. The third-order valence-electron chi connectivity index (χ3n) is 2.87. The highest BCUT2D eigenvalue weighted by molar-refractivity contribution is 7.05. The highest BCUT2D eigenvalue weighted by atomic mass is 35.5. The summed E-state index contributed by atoms with van der Waals surface area (Å²) in [4.78, 5) is 0.935. The van der Waals surface area contributed by atoms with Crippen LogP contribution >= 0.6 is 23.1 Å². The van der Waals surface area contributed by atoms with Crippen molar-refractivity contribution in [1.82, 2.24) is 15.0 Å². The third-order valence-corrected chi connectivity index (χ3v) is 3.98. The number of benzene rings is 1. The summed E-state index contributed by atoms with van der Waals surface area (Å²) in [5, 5.41) is 4.54. The molecule has 1 aromatic heterocycles. The predicted octanol–water partition coefficient (Wildman–Crippen LogP) is 2.64. The Morgan fingerprint density at radius 2 is 2.32 bits per heavy atom. The molecule has 1 heterocycles. The van der Waals surface area contributed by atoms with Crippen LogP contribution in [-0.4, -0.2) is 9.59 Å². The molecular weight excluding hydrogens is 287 g/mol. The SMILES string of the molecule is CCc1nnsc1C(Cc1cc(Cl)ccc1F)NN. The molecule has 19 heavy (non-hydrogen) atoms. The number of halogens is 2. The molecule has 1 unspecified atom stereocenters. The van der Waals surface area contributed by atoms with Crippen LogP contribution in [0.5, 0.6) is 0 Å². The maximum Gasteiger partial charge on any atom is 0.126 e. The van der Waals surface area contributed by atoms with Gasteiger partial charge in [0.1, 0.15) is 5.82 Å². The van der Waals surface area contributed by atoms with Gasteiger partial charge < -0.3 is 0 Å². The largest absolute Gasteiger partial charge is 0.271 e. The van der Waals surface area contributed by atoms with Gasteiger partial charge in [0.2, 0.25) is 0 Å². The number of nitrogens with two attached hydrogens (primary N) is 1. The van der Waals surface area contributed by atoms with Crippen LogP contribution in [0.4, 0.5) is 4.39 Å². The van der Waals surface area contributed by atoms with Crippen LogP contribution in [0.15, 0.2) is 18.2 Å². The number of nitrogens with zero attached hydrogens (tertiary/aromatic N) is 2. The van der Waals surface area contributed by atoms with E-state index in [9.17, 15) is 4.39 Å². The van der Waals surface area contributed by atoms with Crippen molar-refractivity contribution in [2.24, 2.45) is 5.84 Å². The lowest BCUT2D eigenvalue weighted by Gasteiger charge is -2.15. The first kappa shape index (κ1) is 14.3. The summed E-state index contributed by atoms with van der Waals surface area (Å²) in [5.41, 5.74) is 4.10. The molecule has 2 rings (SSSR count). The number of rotatable bonds is 5. The van der Waals surface area contributed by atoms with Crippen LogP contribution in [0.3, 0.4) is 0 Å². The van der Waals surface area contributed by atoms with Gasteiger partial charge in [-0.1, -0.05) is 23.0 Å². The van der Waals surface area contributed by atoms with Gasteiger partial charge in [-0.25, -0.2) is 4.39 Å². The highest BCUT2D eigenvalue weighted by Crippen LogP contribution is 2.26. The Kier molecular flexibility index (Phi) is 4.81. The van der Waals surface area contributed by atoms with Crippen molar-refractivity contribution in [2.45, 2.75) is 25.8 Å². The molecule has 0 saturated carbocycles. The summed E-state index contributed by atoms with van der Waals surface area (Å²) < 4.78 is 17.7. The number of aryl methyl sites for hydroxylation is 1. The normalized spacial score (nSPS) is 12.6. The minimum Gasteiger partial charge on any atom is -0.271 e. The van der Waals surface area contributed by atoms with Crippen molar-refractivity contribution in [3.8, 4) is 0 Å². The van der Waals surface area contributed by atoms with E-state index in [0.717, 1.165) is 17.0 Å². The number of nitrogens with one attached hydrogen (secondary N) is 1. The molecule has 102 valence electrons. The van der Waals surface area contributed by atoms with Gasteiger partial charge in [0.05, 0.1) is 16.6 Å². The summed E-state index contributed by atoms with van der Waals surface area (Å²) in [5.74, 6) is 5.28. The van der Waals surface area contributed by atoms with Gasteiger partial charge in [-0.2, -0.15) is 0 Å². The lowest BCUT2D eigenvalue weighted by Crippen LogP contribution is -2.30. The van der Waals surface area contributed by atoms with Crippen LogP contribution in [0.2, 0.25) is 5.02 Å². The first-order chi connectivity index (χ1) is 9.15. The molecule has 0 bridgehead atoms. The van der Waals surface area contributed by atoms with E-state index in [0.29, 0.717) is 17.0 Å². The molecule has 0 fully saturated rings. The number of hydrazine groups is 1. The molecule has 0 saturated heterocycles. The molecule has 1 aromatic carbocycles. The van der Waals surface area contributed by atoms with Gasteiger partial charge >= 0.3 is 0 Å². The highest BCUT2D eigenvalue weighted by Gasteiger charge is 2.19. The molecule has 0 aliphatic rings. The fraction of sp³-hybridized carbons (Fsp3) is 0.333. The minimum absolute atomic E-state index is 0.220. The maximum absolute atomic E-state index is 13.7. The van der Waals surface area contributed by atoms with Gasteiger partial charge in [0.15, 0.2) is 0 Å². The Bertz CT molecular complexity index is 560. The summed E-state index contributed by atoms with van der Waals surface area (Å²) in [6.07, 6.45) is 1.17. The maximum atomic E-state index is 13.7. The third kappa shape index (κ3) is 3.27. The van der Waals surface area contributed by atoms with Crippen molar-refractivity contribution in [2.75, 3.05) is 0 Å². The van der Waals surface area contributed by atoms with E-state index < -0.39 is 0 Å². The quantitative estimate of drug-likeness (QED) is 0.658. The molecule has 7 heteroatoms. The average molecular weight is 301 g/mol. The molecule has 0 amide bonds. The number of hydrogen-bond acceptors (Lipinski definition) is 5. The zero-order valence-corrected chi connectivity index (χ0v) is 11.9. The average Bonchev–Trinajstić information content (AvgIpc) is 2.88. The van der Waals surface area contributed by atoms with E-state index >= 15 is 0 Å². The monoisotopic (exact) mass is 300 g/mol.